The van der Waals surface area contributed by atoms with E-state index >= 15 is 0 Å². The Labute approximate surface area is 193 Å². The number of nitrogens with zero attached hydrogens (tertiary/aromatic N) is 5. The van der Waals surface area contributed by atoms with Crippen molar-refractivity contribution in [3.63, 3.8) is 0 Å². The highest BCUT2D eigenvalue weighted by molar-refractivity contribution is 6.33. The van der Waals surface area contributed by atoms with Gasteiger partial charge in [-0.15, -0.1) is 0 Å². The quantitative estimate of drug-likeness (QED) is 0.196. The molecule has 4 rings (SSSR count). The Morgan fingerprint density at radius 1 is 1.21 bits per heavy atom. The lowest BCUT2D eigenvalue weighted by molar-refractivity contribution is -0.386. The molecule has 0 radical (unpaired) electrons. The van der Waals surface area contributed by atoms with E-state index in [0.717, 1.165) is 29.9 Å². The summed E-state index contributed by atoms with van der Waals surface area (Å²) in [7, 11) is -1.89. The largest absolute Gasteiger partial charge is 0.707 e. The van der Waals surface area contributed by atoms with Crippen molar-refractivity contribution in [2.24, 2.45) is 5.92 Å². The Balaban J connectivity index is 1.22. The molecule has 3 aromatic rings. The molecule has 1 aliphatic carbocycles. The van der Waals surface area contributed by atoms with Crippen molar-refractivity contribution in [3.05, 3.63) is 46.4 Å². The number of rotatable bonds is 10. The van der Waals surface area contributed by atoms with Gasteiger partial charge in [-0.05, 0) is 49.8 Å². The number of benzene rings is 1. The predicted molar refractivity (Wildman–Crippen MR) is 116 cm³/mol. The van der Waals surface area contributed by atoms with Gasteiger partial charge in [0.15, 0.2) is 0 Å². The fourth-order valence-electron chi connectivity index (χ4n) is 4.23. The fourth-order valence-corrected chi connectivity index (χ4v) is 4.23. The summed E-state index contributed by atoms with van der Waals surface area (Å²) in [4.78, 5) is 10.2. The predicted octanol–water partition coefficient (Wildman–Crippen LogP) is 2.88. The highest BCUT2D eigenvalue weighted by Crippen LogP contribution is 2.35. The molecule has 1 fully saturated rings. The molecule has 0 saturated heterocycles. The van der Waals surface area contributed by atoms with Crippen LogP contribution in [0.15, 0.2) is 30.6 Å². The zero-order valence-electron chi connectivity index (χ0n) is 18.2. The van der Waals surface area contributed by atoms with E-state index in [1.807, 2.05) is 6.20 Å². The Hall–Kier alpha value is -3.10. The summed E-state index contributed by atoms with van der Waals surface area (Å²) in [6.07, 6.45) is 2.94. The van der Waals surface area contributed by atoms with Gasteiger partial charge in [0.25, 0.3) is 6.43 Å². The zero-order valence-corrected chi connectivity index (χ0v) is 18.2. The van der Waals surface area contributed by atoms with E-state index in [1.165, 1.54) is 4.68 Å². The van der Waals surface area contributed by atoms with Gasteiger partial charge in [0.05, 0.1) is 29.6 Å². The third kappa shape index (κ3) is 5.69. The summed E-state index contributed by atoms with van der Waals surface area (Å²) in [5.41, 5.74) is -0.676. The van der Waals surface area contributed by atoms with E-state index in [0.29, 0.717) is 44.3 Å². The minimum absolute atomic E-state index is 0.139. The van der Waals surface area contributed by atoms with Crippen molar-refractivity contribution in [2.45, 2.75) is 44.7 Å². The molecular formula is C20H24BF2N5O6. The molecule has 1 saturated carbocycles. The standard InChI is InChI=1S/C20H24BF2N5O6/c22-20(23)19-18(28(31)32)11-27(25-19)15-3-1-13(2-4-15)12-33-8-7-26-10-14-9-16(34-21(29)30)5-6-17(14)24-26/h5-6,9-11,13,15,20,29-30H,1-4,7-8,12H2. The Morgan fingerprint density at radius 2 is 1.97 bits per heavy atom. The van der Waals surface area contributed by atoms with E-state index in [2.05, 4.69) is 10.2 Å². The third-order valence-corrected chi connectivity index (χ3v) is 5.92. The topological polar surface area (TPSA) is 138 Å². The van der Waals surface area contributed by atoms with Crippen molar-refractivity contribution in [1.29, 1.82) is 0 Å². The monoisotopic (exact) mass is 479 g/mol. The number of ether oxygens (including phenoxy) is 1. The van der Waals surface area contributed by atoms with E-state index in [1.54, 1.807) is 22.9 Å². The molecule has 2 heterocycles. The first-order valence-electron chi connectivity index (χ1n) is 10.9. The molecule has 0 aliphatic heterocycles. The number of halogens is 2. The molecule has 0 unspecified atom stereocenters. The van der Waals surface area contributed by atoms with Crippen LogP contribution in [-0.2, 0) is 11.3 Å². The van der Waals surface area contributed by atoms with Crippen molar-refractivity contribution < 1.29 is 33.1 Å². The van der Waals surface area contributed by atoms with E-state index in [4.69, 9.17) is 19.4 Å². The fraction of sp³-hybridized carbons (Fsp3) is 0.500. The maximum absolute atomic E-state index is 13.0. The van der Waals surface area contributed by atoms with Crippen molar-refractivity contribution in [2.75, 3.05) is 13.2 Å². The summed E-state index contributed by atoms with van der Waals surface area (Å²) in [6, 6.07) is 4.85. The van der Waals surface area contributed by atoms with Crippen LogP contribution >= 0.6 is 0 Å². The SMILES string of the molecule is O=[N+]([O-])c1cn(C2CCC(COCCn3cc4cc(OB(O)O)ccc4n3)CC2)nc1C(F)F. The second-order valence-electron chi connectivity index (χ2n) is 8.24. The summed E-state index contributed by atoms with van der Waals surface area (Å²) in [5, 5.41) is 37.8. The second kappa shape index (κ2) is 10.4. The van der Waals surface area contributed by atoms with Crippen LogP contribution in [0.25, 0.3) is 10.9 Å². The normalized spacial score (nSPS) is 18.5. The number of fused-ring (bicyclic) bond motifs is 1. The minimum atomic E-state index is -2.98. The first kappa shape index (κ1) is 24.0. The smallest absolute Gasteiger partial charge is 0.512 e. The number of hydrogen-bond donors (Lipinski definition) is 2. The van der Waals surface area contributed by atoms with E-state index in [9.17, 15) is 18.9 Å². The third-order valence-electron chi connectivity index (χ3n) is 5.92. The van der Waals surface area contributed by atoms with Crippen LogP contribution in [0.4, 0.5) is 14.5 Å². The zero-order chi connectivity index (χ0) is 24.2. The Morgan fingerprint density at radius 3 is 2.62 bits per heavy atom. The maximum atomic E-state index is 13.0. The van der Waals surface area contributed by atoms with Crippen LogP contribution in [0.3, 0.4) is 0 Å². The molecule has 0 atom stereocenters. The maximum Gasteiger partial charge on any atom is 0.707 e. The first-order chi connectivity index (χ1) is 16.3. The summed E-state index contributed by atoms with van der Waals surface area (Å²) < 4.78 is 39.8. The lowest BCUT2D eigenvalue weighted by Crippen LogP contribution is -2.22. The van der Waals surface area contributed by atoms with Gasteiger partial charge in [-0.3, -0.25) is 19.5 Å². The highest BCUT2D eigenvalue weighted by atomic mass is 19.3. The van der Waals surface area contributed by atoms with Crippen LogP contribution in [-0.4, -0.2) is 55.1 Å². The van der Waals surface area contributed by atoms with E-state index < -0.39 is 30.1 Å². The van der Waals surface area contributed by atoms with Crippen molar-refractivity contribution in [1.82, 2.24) is 19.6 Å². The van der Waals surface area contributed by atoms with Crippen LogP contribution in [0.5, 0.6) is 5.75 Å². The average Bonchev–Trinajstić information content (AvgIpc) is 3.41. The van der Waals surface area contributed by atoms with Crippen LogP contribution in [0.1, 0.15) is 43.8 Å². The summed E-state index contributed by atoms with van der Waals surface area (Å²) in [5.74, 6) is 0.640. The molecule has 34 heavy (non-hydrogen) atoms. The molecule has 14 heteroatoms. The van der Waals surface area contributed by atoms with Gasteiger partial charge in [0.2, 0.25) is 5.69 Å². The van der Waals surface area contributed by atoms with Crippen molar-refractivity contribution in [3.8, 4) is 5.75 Å². The van der Waals surface area contributed by atoms with Gasteiger partial charge in [-0.2, -0.15) is 10.2 Å². The molecule has 1 aliphatic rings. The highest BCUT2D eigenvalue weighted by Gasteiger charge is 2.30. The molecule has 1 aromatic carbocycles. The minimum Gasteiger partial charge on any atom is -0.512 e. The number of nitro groups is 1. The molecule has 0 spiro atoms. The van der Waals surface area contributed by atoms with Crippen molar-refractivity contribution >= 4 is 23.9 Å². The van der Waals surface area contributed by atoms with Crippen LogP contribution in [0, 0.1) is 16.0 Å². The number of aromatic nitrogens is 4. The lowest BCUT2D eigenvalue weighted by Gasteiger charge is -2.28. The molecule has 11 nitrogen and oxygen atoms in total. The second-order valence-corrected chi connectivity index (χ2v) is 8.24. The van der Waals surface area contributed by atoms with E-state index in [-0.39, 0.29) is 6.04 Å². The van der Waals surface area contributed by atoms with Crippen LogP contribution < -0.4 is 4.65 Å². The molecule has 182 valence electrons. The molecule has 0 amide bonds. The van der Waals surface area contributed by atoms with Gasteiger partial charge < -0.3 is 19.4 Å². The lowest BCUT2D eigenvalue weighted by atomic mass is 9.86. The first-order valence-corrected chi connectivity index (χ1v) is 10.9. The number of hydrogen-bond acceptors (Lipinski definition) is 8. The van der Waals surface area contributed by atoms with Gasteiger partial charge >= 0.3 is 13.0 Å². The van der Waals surface area contributed by atoms with Gasteiger partial charge in [-0.1, -0.05) is 0 Å². The summed E-state index contributed by atoms with van der Waals surface area (Å²) >= 11 is 0. The summed E-state index contributed by atoms with van der Waals surface area (Å²) in [6.45, 7) is 1.55. The Kier molecular flexibility index (Phi) is 7.39. The van der Waals surface area contributed by atoms with Crippen LogP contribution in [0.2, 0.25) is 0 Å². The van der Waals surface area contributed by atoms with Gasteiger partial charge in [0, 0.05) is 18.2 Å². The average molecular weight is 479 g/mol. The van der Waals surface area contributed by atoms with Gasteiger partial charge in [0.1, 0.15) is 11.9 Å². The molecule has 0 bridgehead atoms. The molecule has 2 N–H and O–H groups in total. The van der Waals surface area contributed by atoms with Gasteiger partial charge in [-0.25, -0.2) is 8.78 Å². The molecule has 2 aromatic heterocycles. The Bertz CT molecular complexity index is 1130. The molecular weight excluding hydrogens is 455 g/mol. The number of alkyl halides is 2.